The zero-order chi connectivity index (χ0) is 13.4. The van der Waals surface area contributed by atoms with Gasteiger partial charge in [-0.05, 0) is 31.2 Å². The Labute approximate surface area is 116 Å². The Morgan fingerprint density at radius 3 is 3.00 bits per heavy atom. The maximum absolute atomic E-state index is 12.7. The molecule has 2 aromatic rings. The first kappa shape index (κ1) is 12.4. The number of carbonyl (C=O) groups excluding carboxylic acids is 1. The van der Waals surface area contributed by atoms with E-state index >= 15 is 0 Å². The number of aryl methyl sites for hydroxylation is 1. The fraction of sp³-hybridized carbons (Fsp3) is 0.429. The molecule has 3 rings (SSSR count). The monoisotopic (exact) mass is 275 g/mol. The molecule has 4 nitrogen and oxygen atoms in total. The first-order chi connectivity index (χ1) is 9.18. The summed E-state index contributed by atoms with van der Waals surface area (Å²) in [7, 11) is 1.87. The third kappa shape index (κ3) is 2.08. The van der Waals surface area contributed by atoms with Crippen LogP contribution in [0.5, 0.6) is 0 Å². The Kier molecular flexibility index (Phi) is 3.14. The average molecular weight is 275 g/mol. The highest BCUT2D eigenvalue weighted by molar-refractivity contribution is 7.10. The fourth-order valence-electron chi connectivity index (χ4n) is 2.65. The van der Waals surface area contributed by atoms with Crippen molar-refractivity contribution in [2.45, 2.75) is 25.8 Å². The Bertz CT molecular complexity index is 588. The summed E-state index contributed by atoms with van der Waals surface area (Å²) in [5, 5.41) is 6.24. The Balaban J connectivity index is 1.89. The van der Waals surface area contributed by atoms with Gasteiger partial charge in [0.25, 0.3) is 5.91 Å². The smallest absolute Gasteiger partial charge is 0.257 e. The van der Waals surface area contributed by atoms with Crippen LogP contribution in [0.25, 0.3) is 0 Å². The number of aromatic nitrogens is 2. The number of hydrogen-bond acceptors (Lipinski definition) is 3. The van der Waals surface area contributed by atoms with E-state index in [9.17, 15) is 4.79 Å². The van der Waals surface area contributed by atoms with E-state index in [2.05, 4.69) is 22.6 Å². The van der Waals surface area contributed by atoms with E-state index in [-0.39, 0.29) is 11.9 Å². The van der Waals surface area contributed by atoms with Crippen molar-refractivity contribution in [1.29, 1.82) is 0 Å². The lowest BCUT2D eigenvalue weighted by Gasteiger charge is -2.23. The summed E-state index contributed by atoms with van der Waals surface area (Å²) in [5.74, 6) is 0.113. The van der Waals surface area contributed by atoms with Crippen molar-refractivity contribution in [1.82, 2.24) is 14.7 Å². The molecule has 5 heteroatoms. The molecule has 100 valence electrons. The van der Waals surface area contributed by atoms with Crippen LogP contribution in [0.1, 0.15) is 39.8 Å². The van der Waals surface area contributed by atoms with E-state index < -0.39 is 0 Å². The lowest BCUT2D eigenvalue weighted by molar-refractivity contribution is 0.0737. The van der Waals surface area contributed by atoms with Crippen molar-refractivity contribution < 1.29 is 4.79 Å². The van der Waals surface area contributed by atoms with Crippen LogP contribution in [-0.4, -0.2) is 27.1 Å². The maximum Gasteiger partial charge on any atom is 0.257 e. The molecular weight excluding hydrogens is 258 g/mol. The third-order valence-corrected chi connectivity index (χ3v) is 4.82. The second-order valence-electron chi connectivity index (χ2n) is 4.94. The van der Waals surface area contributed by atoms with Crippen molar-refractivity contribution in [2.75, 3.05) is 6.54 Å². The summed E-state index contributed by atoms with van der Waals surface area (Å²) in [6.07, 6.45) is 3.82. The number of likely N-dealkylation sites (tertiary alicyclic amines) is 1. The Morgan fingerprint density at radius 1 is 1.53 bits per heavy atom. The van der Waals surface area contributed by atoms with Gasteiger partial charge >= 0.3 is 0 Å². The molecule has 1 aliphatic rings. The van der Waals surface area contributed by atoms with Crippen LogP contribution < -0.4 is 0 Å². The quantitative estimate of drug-likeness (QED) is 0.845. The topological polar surface area (TPSA) is 38.1 Å². The highest BCUT2D eigenvalue weighted by Gasteiger charge is 2.32. The van der Waals surface area contributed by atoms with Gasteiger partial charge in [-0.1, -0.05) is 6.07 Å². The molecule has 0 aliphatic carbocycles. The fourth-order valence-corrected chi connectivity index (χ4v) is 3.52. The molecule has 1 amide bonds. The minimum atomic E-state index is 0.113. The Hall–Kier alpha value is -1.62. The first-order valence-corrected chi connectivity index (χ1v) is 7.39. The maximum atomic E-state index is 12.7. The normalized spacial score (nSPS) is 19.1. The van der Waals surface area contributed by atoms with E-state index in [0.29, 0.717) is 0 Å². The van der Waals surface area contributed by atoms with Crippen molar-refractivity contribution in [3.63, 3.8) is 0 Å². The van der Waals surface area contributed by atoms with Crippen LogP contribution in [0.4, 0.5) is 0 Å². The van der Waals surface area contributed by atoms with Gasteiger partial charge in [0.05, 0.1) is 17.8 Å². The van der Waals surface area contributed by atoms with Crippen molar-refractivity contribution in [2.24, 2.45) is 7.05 Å². The van der Waals surface area contributed by atoms with Gasteiger partial charge in [0.15, 0.2) is 0 Å². The third-order valence-electron chi connectivity index (χ3n) is 3.85. The van der Waals surface area contributed by atoms with Crippen LogP contribution >= 0.6 is 11.3 Å². The van der Waals surface area contributed by atoms with Gasteiger partial charge in [-0.2, -0.15) is 5.10 Å². The number of thiophene rings is 1. The molecule has 1 atom stereocenters. The number of nitrogens with zero attached hydrogens (tertiary/aromatic N) is 3. The molecule has 1 saturated heterocycles. The predicted molar refractivity (Wildman–Crippen MR) is 75.3 cm³/mol. The summed E-state index contributed by atoms with van der Waals surface area (Å²) in [5.41, 5.74) is 1.66. The molecule has 0 aromatic carbocycles. The van der Waals surface area contributed by atoms with Crippen LogP contribution in [0.3, 0.4) is 0 Å². The molecule has 0 bridgehead atoms. The van der Waals surface area contributed by atoms with Gasteiger partial charge in [0.1, 0.15) is 0 Å². The van der Waals surface area contributed by atoms with Crippen LogP contribution in [0, 0.1) is 6.92 Å². The molecule has 19 heavy (non-hydrogen) atoms. The second kappa shape index (κ2) is 4.81. The van der Waals surface area contributed by atoms with Crippen LogP contribution in [-0.2, 0) is 7.05 Å². The Morgan fingerprint density at radius 2 is 2.37 bits per heavy atom. The number of hydrogen-bond donors (Lipinski definition) is 0. The highest BCUT2D eigenvalue weighted by atomic mass is 32.1. The van der Waals surface area contributed by atoms with Gasteiger partial charge in [0.2, 0.25) is 0 Å². The molecule has 0 N–H and O–H groups in total. The molecule has 0 unspecified atom stereocenters. The van der Waals surface area contributed by atoms with Crippen molar-refractivity contribution in [3.05, 3.63) is 39.8 Å². The zero-order valence-electron chi connectivity index (χ0n) is 11.2. The van der Waals surface area contributed by atoms with Gasteiger partial charge in [-0.25, -0.2) is 0 Å². The van der Waals surface area contributed by atoms with Crippen LogP contribution in [0.2, 0.25) is 0 Å². The molecule has 3 heterocycles. The SMILES string of the molecule is Cc1c(C(=O)N2CCC[C@H]2c2cccs2)cnn1C. The van der Waals surface area contributed by atoms with E-state index in [1.54, 1.807) is 22.2 Å². The molecule has 0 radical (unpaired) electrons. The highest BCUT2D eigenvalue weighted by Crippen LogP contribution is 2.35. The summed E-state index contributed by atoms with van der Waals surface area (Å²) in [4.78, 5) is 15.9. The number of rotatable bonds is 2. The van der Waals surface area contributed by atoms with E-state index in [1.165, 1.54) is 4.88 Å². The first-order valence-electron chi connectivity index (χ1n) is 6.51. The summed E-state index contributed by atoms with van der Waals surface area (Å²) in [6, 6.07) is 4.42. The zero-order valence-corrected chi connectivity index (χ0v) is 12.0. The van der Waals surface area contributed by atoms with Crippen LogP contribution in [0.15, 0.2) is 23.7 Å². The van der Waals surface area contributed by atoms with Gasteiger partial charge in [-0.15, -0.1) is 11.3 Å². The molecule has 1 aliphatic heterocycles. The minimum Gasteiger partial charge on any atom is -0.331 e. The standard InChI is InChI=1S/C14H17N3OS/c1-10-11(9-15-16(10)2)14(18)17-7-3-5-12(17)13-6-4-8-19-13/h4,6,8-9,12H,3,5,7H2,1-2H3/t12-/m0/s1. The van der Waals surface area contributed by atoms with Gasteiger partial charge < -0.3 is 4.90 Å². The molecule has 2 aromatic heterocycles. The summed E-state index contributed by atoms with van der Waals surface area (Å²) in [6.45, 7) is 2.78. The van der Waals surface area contributed by atoms with E-state index in [1.807, 2.05) is 18.9 Å². The molecule has 1 fully saturated rings. The van der Waals surface area contributed by atoms with E-state index in [4.69, 9.17) is 0 Å². The van der Waals surface area contributed by atoms with Crippen molar-refractivity contribution in [3.8, 4) is 0 Å². The lowest BCUT2D eigenvalue weighted by atomic mass is 10.1. The minimum absolute atomic E-state index is 0.113. The summed E-state index contributed by atoms with van der Waals surface area (Å²) < 4.78 is 1.75. The summed E-state index contributed by atoms with van der Waals surface area (Å²) >= 11 is 1.73. The van der Waals surface area contributed by atoms with Gasteiger partial charge in [0, 0.05) is 24.2 Å². The van der Waals surface area contributed by atoms with E-state index in [0.717, 1.165) is 30.6 Å². The molecule has 0 spiro atoms. The number of carbonyl (C=O) groups is 1. The predicted octanol–water partition coefficient (Wildman–Crippen LogP) is 2.77. The number of amides is 1. The second-order valence-corrected chi connectivity index (χ2v) is 5.92. The molecule has 0 saturated carbocycles. The largest absolute Gasteiger partial charge is 0.331 e. The van der Waals surface area contributed by atoms with Gasteiger partial charge in [-0.3, -0.25) is 9.48 Å². The molecular formula is C14H17N3OS. The lowest BCUT2D eigenvalue weighted by Crippen LogP contribution is -2.30. The van der Waals surface area contributed by atoms with Crippen molar-refractivity contribution >= 4 is 17.2 Å². The average Bonchev–Trinajstić information content (AvgIpc) is 3.11.